The average Bonchev–Trinajstić information content (AvgIpc) is 2.80. The van der Waals surface area contributed by atoms with Crippen LogP contribution in [0.3, 0.4) is 0 Å². The van der Waals surface area contributed by atoms with Gasteiger partial charge in [0.1, 0.15) is 0 Å². The number of carbonyl (C=O) groups is 1. The van der Waals surface area contributed by atoms with E-state index in [1.165, 1.54) is 22.7 Å². The van der Waals surface area contributed by atoms with E-state index in [-0.39, 0.29) is 24.5 Å². The molecule has 23 heavy (non-hydrogen) atoms. The van der Waals surface area contributed by atoms with Gasteiger partial charge in [-0.2, -0.15) is 22.1 Å². The minimum atomic E-state index is -3.49. The highest BCUT2D eigenvalue weighted by molar-refractivity contribution is 7.86. The Bertz CT molecular complexity index is 678. The van der Waals surface area contributed by atoms with E-state index in [0.717, 1.165) is 5.69 Å². The molecule has 130 valence electrons. The zero-order chi connectivity index (χ0) is 17.5. The fraction of sp³-hybridized carbons (Fsp3) is 0.714. The number of aromatic nitrogens is 2. The molecule has 0 aliphatic carbocycles. The van der Waals surface area contributed by atoms with Crippen LogP contribution in [0.15, 0.2) is 6.07 Å². The van der Waals surface area contributed by atoms with Gasteiger partial charge in [0.15, 0.2) is 5.69 Å². The molecule has 2 heterocycles. The first kappa shape index (κ1) is 17.9. The van der Waals surface area contributed by atoms with Crippen molar-refractivity contribution in [3.63, 3.8) is 0 Å². The molecule has 8 nitrogen and oxygen atoms in total. The van der Waals surface area contributed by atoms with Crippen molar-refractivity contribution in [3.05, 3.63) is 17.5 Å². The summed E-state index contributed by atoms with van der Waals surface area (Å²) >= 11 is 0. The van der Waals surface area contributed by atoms with E-state index in [2.05, 4.69) is 5.10 Å². The van der Waals surface area contributed by atoms with Crippen molar-refractivity contribution in [1.29, 1.82) is 0 Å². The second kappa shape index (κ2) is 6.21. The molecular weight excluding hydrogens is 318 g/mol. The molecule has 1 fully saturated rings. The van der Waals surface area contributed by atoms with Crippen molar-refractivity contribution in [2.45, 2.75) is 32.9 Å². The summed E-state index contributed by atoms with van der Waals surface area (Å²) in [6.45, 7) is 6.22. The van der Waals surface area contributed by atoms with Crippen molar-refractivity contribution >= 4 is 16.1 Å². The molecule has 2 atom stereocenters. The van der Waals surface area contributed by atoms with Crippen LogP contribution in [0.4, 0.5) is 0 Å². The van der Waals surface area contributed by atoms with Gasteiger partial charge in [-0.3, -0.25) is 9.48 Å². The van der Waals surface area contributed by atoms with Crippen molar-refractivity contribution in [2.75, 3.05) is 27.2 Å². The summed E-state index contributed by atoms with van der Waals surface area (Å²) in [6.07, 6.45) is 0. The summed E-state index contributed by atoms with van der Waals surface area (Å²) in [7, 11) is 1.33. The van der Waals surface area contributed by atoms with Crippen LogP contribution in [0, 0.1) is 6.92 Å². The summed E-state index contributed by atoms with van der Waals surface area (Å²) in [5, 5.41) is 4.23. The third-order valence-corrected chi connectivity index (χ3v) is 6.59. The van der Waals surface area contributed by atoms with E-state index >= 15 is 0 Å². The first-order chi connectivity index (χ1) is 10.6. The summed E-state index contributed by atoms with van der Waals surface area (Å²) in [4.78, 5) is 14.4. The van der Waals surface area contributed by atoms with Crippen LogP contribution in [0.5, 0.6) is 0 Å². The normalized spacial score (nSPS) is 23.5. The quantitative estimate of drug-likeness (QED) is 0.778. The second-order valence-electron chi connectivity index (χ2n) is 6.18. The van der Waals surface area contributed by atoms with Gasteiger partial charge in [-0.25, -0.2) is 0 Å². The Kier molecular flexibility index (Phi) is 4.84. The Balaban J connectivity index is 2.21. The Hall–Kier alpha value is -1.45. The molecule has 0 saturated carbocycles. The lowest BCUT2D eigenvalue weighted by atomic mass is 10.1. The highest BCUT2D eigenvalue weighted by Gasteiger charge is 2.40. The standard InChI is InChI=1S/C14H25N5O3S/c1-10-9-13(15-17(10)6)14(20)18-7-8-19(12(3)11(18)2)23(21,22)16(4)5/h9,11-12H,7-8H2,1-6H3/t11-,12-/m1/s1. The molecule has 1 aliphatic rings. The Morgan fingerprint density at radius 2 is 1.87 bits per heavy atom. The van der Waals surface area contributed by atoms with Crippen molar-refractivity contribution < 1.29 is 13.2 Å². The number of hydrogen-bond acceptors (Lipinski definition) is 4. The molecule has 0 bridgehead atoms. The number of nitrogens with zero attached hydrogens (tertiary/aromatic N) is 5. The number of aryl methyl sites for hydroxylation is 2. The molecule has 9 heteroatoms. The van der Waals surface area contributed by atoms with Crippen molar-refractivity contribution in [1.82, 2.24) is 23.3 Å². The van der Waals surface area contributed by atoms with Crippen molar-refractivity contribution in [3.8, 4) is 0 Å². The van der Waals surface area contributed by atoms with E-state index in [9.17, 15) is 13.2 Å². The molecule has 1 saturated heterocycles. The lowest BCUT2D eigenvalue weighted by Gasteiger charge is -2.44. The highest BCUT2D eigenvalue weighted by atomic mass is 32.2. The van der Waals surface area contributed by atoms with E-state index in [1.807, 2.05) is 20.8 Å². The van der Waals surface area contributed by atoms with Gasteiger partial charge in [0.05, 0.1) is 0 Å². The fourth-order valence-electron chi connectivity index (χ4n) is 2.75. The number of carbonyl (C=O) groups excluding carboxylic acids is 1. The topological polar surface area (TPSA) is 78.8 Å². The van der Waals surface area contributed by atoms with E-state index < -0.39 is 10.2 Å². The molecule has 1 aromatic heterocycles. The maximum absolute atomic E-state index is 12.7. The van der Waals surface area contributed by atoms with Gasteiger partial charge in [0.2, 0.25) is 0 Å². The first-order valence-electron chi connectivity index (χ1n) is 7.58. The lowest BCUT2D eigenvalue weighted by molar-refractivity contribution is 0.0468. The molecule has 0 aromatic carbocycles. The first-order valence-corrected chi connectivity index (χ1v) is 8.98. The number of piperazine rings is 1. The maximum atomic E-state index is 12.7. The summed E-state index contributed by atoms with van der Waals surface area (Å²) in [6, 6.07) is 1.22. The predicted molar refractivity (Wildman–Crippen MR) is 87.2 cm³/mol. The van der Waals surface area contributed by atoms with Crippen LogP contribution in [-0.2, 0) is 17.3 Å². The minimum absolute atomic E-state index is 0.157. The Morgan fingerprint density at radius 1 is 1.26 bits per heavy atom. The lowest BCUT2D eigenvalue weighted by Crippen LogP contribution is -2.61. The van der Waals surface area contributed by atoms with Crippen LogP contribution in [0.2, 0.25) is 0 Å². The van der Waals surface area contributed by atoms with Crippen molar-refractivity contribution in [2.24, 2.45) is 7.05 Å². The van der Waals surface area contributed by atoms with Gasteiger partial charge in [-0.05, 0) is 26.8 Å². The van der Waals surface area contributed by atoms with Gasteiger partial charge in [0, 0.05) is 52.0 Å². The molecule has 1 aliphatic heterocycles. The predicted octanol–water partition coefficient (Wildman–Crippen LogP) is 0.0697. The molecule has 0 spiro atoms. The minimum Gasteiger partial charge on any atom is -0.332 e. The third kappa shape index (κ3) is 3.13. The van der Waals surface area contributed by atoms with Crippen LogP contribution in [-0.4, -0.2) is 76.9 Å². The smallest absolute Gasteiger partial charge is 0.281 e. The summed E-state index contributed by atoms with van der Waals surface area (Å²) in [5.74, 6) is -0.157. The monoisotopic (exact) mass is 343 g/mol. The molecular formula is C14H25N5O3S. The molecule has 1 amide bonds. The van der Waals surface area contributed by atoms with E-state index in [4.69, 9.17) is 0 Å². The molecule has 0 N–H and O–H groups in total. The molecule has 0 unspecified atom stereocenters. The van der Waals surface area contributed by atoms with Gasteiger partial charge >= 0.3 is 0 Å². The number of rotatable bonds is 3. The summed E-state index contributed by atoms with van der Waals surface area (Å²) in [5.41, 5.74) is 1.30. The zero-order valence-corrected chi connectivity index (χ0v) is 15.3. The fourth-order valence-corrected chi connectivity index (χ4v) is 4.08. The van der Waals surface area contributed by atoms with Crippen LogP contribution in [0.25, 0.3) is 0 Å². The third-order valence-electron chi connectivity index (χ3n) is 4.56. The van der Waals surface area contributed by atoms with E-state index in [1.54, 1.807) is 22.7 Å². The van der Waals surface area contributed by atoms with Crippen LogP contribution >= 0.6 is 0 Å². The second-order valence-corrected chi connectivity index (χ2v) is 8.27. The van der Waals surface area contributed by atoms with Gasteiger partial charge in [-0.1, -0.05) is 0 Å². The Labute approximate surface area is 137 Å². The van der Waals surface area contributed by atoms with Gasteiger partial charge in [-0.15, -0.1) is 0 Å². The largest absolute Gasteiger partial charge is 0.332 e. The van der Waals surface area contributed by atoms with Crippen LogP contribution < -0.4 is 0 Å². The SMILES string of the molecule is Cc1cc(C(=O)N2CCN(S(=O)(=O)N(C)C)[C@H](C)[C@H]2C)nn1C. The molecule has 2 rings (SSSR count). The highest BCUT2D eigenvalue weighted by Crippen LogP contribution is 2.23. The average molecular weight is 343 g/mol. The Morgan fingerprint density at radius 3 is 2.35 bits per heavy atom. The van der Waals surface area contributed by atoms with Crippen LogP contribution in [0.1, 0.15) is 30.0 Å². The molecule has 0 radical (unpaired) electrons. The number of hydrogen-bond donors (Lipinski definition) is 0. The number of amides is 1. The van der Waals surface area contributed by atoms with Gasteiger partial charge in [0.25, 0.3) is 16.1 Å². The summed E-state index contributed by atoms with van der Waals surface area (Å²) < 4.78 is 29.1. The van der Waals surface area contributed by atoms with Gasteiger partial charge < -0.3 is 4.90 Å². The molecule has 1 aromatic rings. The zero-order valence-electron chi connectivity index (χ0n) is 14.5. The maximum Gasteiger partial charge on any atom is 0.281 e. The van der Waals surface area contributed by atoms with E-state index in [0.29, 0.717) is 12.2 Å².